The van der Waals surface area contributed by atoms with E-state index >= 15 is 0 Å². The third-order valence-electron chi connectivity index (χ3n) is 3.45. The number of rotatable bonds is 2. The highest BCUT2D eigenvalue weighted by Crippen LogP contribution is 2.33. The van der Waals surface area contributed by atoms with Gasteiger partial charge < -0.3 is 0 Å². The molecule has 2 rings (SSSR count). The van der Waals surface area contributed by atoms with E-state index < -0.39 is 0 Å². The van der Waals surface area contributed by atoms with Gasteiger partial charge in [-0.2, -0.15) is 0 Å². The third-order valence-corrected chi connectivity index (χ3v) is 3.45. The highest BCUT2D eigenvalue weighted by molar-refractivity contribution is 5.13. The van der Waals surface area contributed by atoms with Crippen molar-refractivity contribution in [2.75, 3.05) is 0 Å². The maximum atomic E-state index is 3.85. The van der Waals surface area contributed by atoms with E-state index in [4.69, 9.17) is 0 Å². The van der Waals surface area contributed by atoms with Crippen LogP contribution in [0.15, 0.2) is 36.5 Å². The predicted molar refractivity (Wildman–Crippen MR) is 62.1 cm³/mol. The first-order chi connectivity index (χ1) is 6.88. The second-order valence-electron chi connectivity index (χ2n) is 4.67. The van der Waals surface area contributed by atoms with Gasteiger partial charge in [0, 0.05) is 0 Å². The largest absolute Gasteiger partial charge is 0.103 e. The number of allylic oxidation sites excluding steroid dienone is 5. The smallest absolute Gasteiger partial charge is 0.0141 e. The van der Waals surface area contributed by atoms with Crippen LogP contribution in [0, 0.1) is 11.8 Å². The lowest BCUT2D eigenvalue weighted by atomic mass is 9.90. The predicted octanol–water partition coefficient (Wildman–Crippen LogP) is 4.26. The third kappa shape index (κ3) is 2.37. The van der Waals surface area contributed by atoms with Crippen LogP contribution in [-0.4, -0.2) is 0 Å². The molecule has 0 saturated heterocycles. The van der Waals surface area contributed by atoms with Crippen molar-refractivity contribution in [3.8, 4) is 0 Å². The van der Waals surface area contributed by atoms with E-state index in [1.54, 1.807) is 5.57 Å². The Morgan fingerprint density at radius 3 is 3.00 bits per heavy atom. The lowest BCUT2D eigenvalue weighted by molar-refractivity contribution is 0.438. The highest BCUT2D eigenvalue weighted by atomic mass is 14.2. The summed E-state index contributed by atoms with van der Waals surface area (Å²) in [4.78, 5) is 0. The first-order valence-electron chi connectivity index (χ1n) is 5.84. The quantitative estimate of drug-likeness (QED) is 0.568. The minimum absolute atomic E-state index is 0.812. The highest BCUT2D eigenvalue weighted by Gasteiger charge is 2.19. The Morgan fingerprint density at radius 2 is 2.14 bits per heavy atom. The van der Waals surface area contributed by atoms with Crippen molar-refractivity contribution in [1.82, 2.24) is 0 Å². The summed E-state index contributed by atoms with van der Waals surface area (Å²) in [7, 11) is 0. The van der Waals surface area contributed by atoms with E-state index in [1.807, 2.05) is 0 Å². The van der Waals surface area contributed by atoms with Gasteiger partial charge in [0.25, 0.3) is 0 Å². The Bertz CT molecular complexity index is 257. The van der Waals surface area contributed by atoms with E-state index in [2.05, 4.69) is 30.9 Å². The summed E-state index contributed by atoms with van der Waals surface area (Å²) in [5, 5.41) is 0. The van der Waals surface area contributed by atoms with Gasteiger partial charge in [-0.25, -0.2) is 0 Å². The SMILES string of the molecule is C=CCC1=C[C@@H]2C/C=C\C[C@@H](CC2)C1. The van der Waals surface area contributed by atoms with Crippen LogP contribution in [0.1, 0.15) is 38.5 Å². The summed E-state index contributed by atoms with van der Waals surface area (Å²) in [5.74, 6) is 1.72. The maximum absolute atomic E-state index is 3.85. The van der Waals surface area contributed by atoms with E-state index in [0.29, 0.717) is 0 Å². The molecule has 0 aromatic rings. The van der Waals surface area contributed by atoms with Crippen molar-refractivity contribution in [3.05, 3.63) is 36.5 Å². The second kappa shape index (κ2) is 4.63. The summed E-state index contributed by atoms with van der Waals surface area (Å²) in [6, 6.07) is 0. The Labute approximate surface area is 87.4 Å². The van der Waals surface area contributed by atoms with Crippen molar-refractivity contribution < 1.29 is 0 Å². The summed E-state index contributed by atoms with van der Waals surface area (Å²) in [6.07, 6.45) is 17.1. The normalized spacial score (nSPS) is 33.9. The molecule has 0 N–H and O–H groups in total. The second-order valence-corrected chi connectivity index (χ2v) is 4.67. The van der Waals surface area contributed by atoms with Gasteiger partial charge in [0.05, 0.1) is 0 Å². The Hall–Kier alpha value is -0.780. The molecule has 0 amide bonds. The average molecular weight is 188 g/mol. The number of hydrogen-bond donors (Lipinski definition) is 0. The molecule has 0 fully saturated rings. The molecule has 14 heavy (non-hydrogen) atoms. The molecule has 0 saturated carbocycles. The Morgan fingerprint density at radius 1 is 1.29 bits per heavy atom. The zero-order valence-electron chi connectivity index (χ0n) is 8.91. The van der Waals surface area contributed by atoms with Crippen LogP contribution in [0.25, 0.3) is 0 Å². The topological polar surface area (TPSA) is 0 Å². The van der Waals surface area contributed by atoms with Crippen LogP contribution in [-0.2, 0) is 0 Å². The number of fused-ring (bicyclic) bond motifs is 3. The summed E-state index contributed by atoms with van der Waals surface area (Å²) < 4.78 is 0. The van der Waals surface area contributed by atoms with Gasteiger partial charge in [0.2, 0.25) is 0 Å². The number of hydrogen-bond acceptors (Lipinski definition) is 0. The van der Waals surface area contributed by atoms with Crippen molar-refractivity contribution in [1.29, 1.82) is 0 Å². The van der Waals surface area contributed by atoms with Gasteiger partial charge in [-0.1, -0.05) is 29.9 Å². The molecule has 0 spiro atoms. The van der Waals surface area contributed by atoms with Crippen molar-refractivity contribution in [2.45, 2.75) is 38.5 Å². The lowest BCUT2D eigenvalue weighted by Gasteiger charge is -2.15. The molecule has 0 aliphatic heterocycles. The Kier molecular flexibility index (Phi) is 3.23. The fourth-order valence-corrected chi connectivity index (χ4v) is 2.69. The lowest BCUT2D eigenvalue weighted by Crippen LogP contribution is -2.02. The van der Waals surface area contributed by atoms with Crippen LogP contribution in [0.4, 0.5) is 0 Å². The molecule has 2 aliphatic rings. The van der Waals surface area contributed by atoms with Crippen LogP contribution in [0.2, 0.25) is 0 Å². The molecule has 0 nitrogen and oxygen atoms in total. The van der Waals surface area contributed by atoms with E-state index in [9.17, 15) is 0 Å². The molecule has 0 heterocycles. The van der Waals surface area contributed by atoms with Crippen molar-refractivity contribution >= 4 is 0 Å². The zero-order chi connectivity index (χ0) is 9.80. The molecule has 2 atom stereocenters. The maximum Gasteiger partial charge on any atom is -0.0141 e. The minimum atomic E-state index is 0.812. The average Bonchev–Trinajstić information content (AvgIpc) is 2.26. The molecule has 0 unspecified atom stereocenters. The van der Waals surface area contributed by atoms with Gasteiger partial charge in [-0.3, -0.25) is 0 Å². The van der Waals surface area contributed by atoms with E-state index in [0.717, 1.165) is 18.3 Å². The first-order valence-corrected chi connectivity index (χ1v) is 5.84. The Balaban J connectivity index is 2.14. The molecular weight excluding hydrogens is 168 g/mol. The molecule has 0 heteroatoms. The first kappa shape index (κ1) is 9.76. The van der Waals surface area contributed by atoms with Gasteiger partial charge in [-0.05, 0) is 50.4 Å². The van der Waals surface area contributed by atoms with Crippen LogP contribution in [0.3, 0.4) is 0 Å². The van der Waals surface area contributed by atoms with Crippen LogP contribution < -0.4 is 0 Å². The van der Waals surface area contributed by atoms with E-state index in [1.165, 1.54) is 32.1 Å². The van der Waals surface area contributed by atoms with Gasteiger partial charge in [-0.15, -0.1) is 6.58 Å². The molecular formula is C14H20. The van der Waals surface area contributed by atoms with Gasteiger partial charge in [0.1, 0.15) is 0 Å². The molecule has 76 valence electrons. The molecule has 2 aliphatic carbocycles. The molecule has 2 bridgehead atoms. The standard InChI is InChI=1S/C14H20/c1-2-5-14-10-12-6-3-4-7-13(11-14)9-8-12/h2-4,10,12-13H,1,5-9,11H2/b4-3-/t12-,13+/m1/s1. The summed E-state index contributed by atoms with van der Waals surface area (Å²) >= 11 is 0. The van der Waals surface area contributed by atoms with E-state index in [-0.39, 0.29) is 0 Å². The van der Waals surface area contributed by atoms with Gasteiger partial charge >= 0.3 is 0 Å². The summed E-state index contributed by atoms with van der Waals surface area (Å²) in [5.41, 5.74) is 1.64. The van der Waals surface area contributed by atoms with Crippen molar-refractivity contribution in [2.24, 2.45) is 11.8 Å². The fraction of sp³-hybridized carbons (Fsp3) is 0.571. The van der Waals surface area contributed by atoms with Gasteiger partial charge in [0.15, 0.2) is 0 Å². The molecule has 0 aromatic carbocycles. The monoisotopic (exact) mass is 188 g/mol. The zero-order valence-corrected chi connectivity index (χ0v) is 8.91. The van der Waals surface area contributed by atoms with Crippen LogP contribution >= 0.6 is 0 Å². The molecule has 0 radical (unpaired) electrons. The minimum Gasteiger partial charge on any atom is -0.103 e. The summed E-state index contributed by atoms with van der Waals surface area (Å²) in [6.45, 7) is 3.85. The van der Waals surface area contributed by atoms with Crippen molar-refractivity contribution in [3.63, 3.8) is 0 Å². The molecule has 0 aromatic heterocycles. The fourth-order valence-electron chi connectivity index (χ4n) is 2.69. The van der Waals surface area contributed by atoms with Crippen LogP contribution in [0.5, 0.6) is 0 Å².